The quantitative estimate of drug-likeness (QED) is 0.657. The minimum Gasteiger partial charge on any atom is -0.490 e. The molecule has 1 fully saturated rings. The van der Waals surface area contributed by atoms with Crippen LogP contribution in [0, 0.1) is 11.8 Å². The third-order valence-electron chi connectivity index (χ3n) is 5.95. The number of carbonyl (C=O) groups is 1. The second-order valence-corrected chi connectivity index (χ2v) is 8.75. The van der Waals surface area contributed by atoms with Crippen LogP contribution in [-0.4, -0.2) is 47.8 Å². The largest absolute Gasteiger partial charge is 0.490 e. The van der Waals surface area contributed by atoms with E-state index in [1.807, 2.05) is 54.8 Å². The molecule has 0 radical (unpaired) electrons. The van der Waals surface area contributed by atoms with E-state index in [0.717, 1.165) is 37.5 Å². The molecule has 0 amide bonds. The molecule has 0 spiro atoms. The lowest BCUT2D eigenvalue weighted by Gasteiger charge is -2.43. The maximum absolute atomic E-state index is 12.3. The van der Waals surface area contributed by atoms with Gasteiger partial charge in [-0.15, -0.1) is 0 Å². The first-order valence-corrected chi connectivity index (χ1v) is 10.8. The summed E-state index contributed by atoms with van der Waals surface area (Å²) in [5, 5.41) is 0. The highest BCUT2D eigenvalue weighted by molar-refractivity contribution is 5.71. The van der Waals surface area contributed by atoms with Crippen molar-refractivity contribution >= 4 is 5.97 Å². The summed E-state index contributed by atoms with van der Waals surface area (Å²) < 4.78 is 13.6. The first-order chi connectivity index (χ1) is 14.5. The highest BCUT2D eigenvalue weighted by Crippen LogP contribution is 2.35. The molecule has 1 saturated heterocycles. The molecular formula is C24H30N2O4. The lowest BCUT2D eigenvalue weighted by atomic mass is 9.83. The molecule has 1 aromatic carbocycles. The van der Waals surface area contributed by atoms with Crippen molar-refractivity contribution in [3.63, 3.8) is 0 Å². The molecule has 2 bridgehead atoms. The molecular weight excluding hydrogens is 380 g/mol. The van der Waals surface area contributed by atoms with Crippen LogP contribution in [0.5, 0.6) is 5.75 Å². The van der Waals surface area contributed by atoms with Gasteiger partial charge in [-0.3, -0.25) is 14.5 Å². The summed E-state index contributed by atoms with van der Waals surface area (Å²) in [6.45, 7) is 7.17. The zero-order chi connectivity index (χ0) is 21.1. The smallest absolute Gasteiger partial charge is 0.308 e. The molecule has 2 aliphatic rings. The van der Waals surface area contributed by atoms with E-state index in [2.05, 4.69) is 11.0 Å². The van der Waals surface area contributed by atoms with Crippen molar-refractivity contribution in [2.24, 2.45) is 11.8 Å². The van der Waals surface area contributed by atoms with Gasteiger partial charge in [-0.25, -0.2) is 0 Å². The number of rotatable bonds is 7. The molecule has 0 unspecified atom stereocenters. The van der Waals surface area contributed by atoms with Gasteiger partial charge in [0.25, 0.3) is 5.56 Å². The number of pyridine rings is 1. The summed E-state index contributed by atoms with van der Waals surface area (Å²) in [7, 11) is 0. The van der Waals surface area contributed by atoms with Crippen LogP contribution in [0.15, 0.2) is 53.3 Å². The van der Waals surface area contributed by atoms with E-state index in [4.69, 9.17) is 9.47 Å². The van der Waals surface area contributed by atoms with Gasteiger partial charge in [-0.05, 0) is 30.5 Å². The van der Waals surface area contributed by atoms with Crippen LogP contribution >= 0.6 is 0 Å². The molecule has 30 heavy (non-hydrogen) atoms. The van der Waals surface area contributed by atoms with Crippen molar-refractivity contribution in [2.45, 2.75) is 38.8 Å². The van der Waals surface area contributed by atoms with Crippen molar-refractivity contribution in [3.05, 3.63) is 64.6 Å². The van der Waals surface area contributed by atoms with Crippen LogP contribution < -0.4 is 10.3 Å². The Kier molecular flexibility index (Phi) is 6.23. The molecule has 160 valence electrons. The minimum absolute atomic E-state index is 0.0932. The van der Waals surface area contributed by atoms with Crippen LogP contribution in [0.3, 0.4) is 0 Å². The number of hydrogen-bond acceptors (Lipinski definition) is 5. The molecule has 0 N–H and O–H groups in total. The zero-order valence-electron chi connectivity index (χ0n) is 17.7. The van der Waals surface area contributed by atoms with Gasteiger partial charge >= 0.3 is 5.97 Å². The maximum Gasteiger partial charge on any atom is 0.308 e. The number of carbonyl (C=O) groups excluding carboxylic acids is 1. The predicted octanol–water partition coefficient (Wildman–Crippen LogP) is 2.91. The summed E-state index contributed by atoms with van der Waals surface area (Å²) in [4.78, 5) is 26.9. The number of hydrogen-bond donors (Lipinski definition) is 0. The van der Waals surface area contributed by atoms with E-state index in [1.54, 1.807) is 6.07 Å². The Bertz CT molecular complexity index is 924. The summed E-state index contributed by atoms with van der Waals surface area (Å²) in [5.41, 5.74) is 1.22. The number of piperidine rings is 1. The number of esters is 1. The highest BCUT2D eigenvalue weighted by atomic mass is 16.6. The van der Waals surface area contributed by atoms with Gasteiger partial charge in [0.05, 0.1) is 5.92 Å². The molecule has 2 aliphatic heterocycles. The van der Waals surface area contributed by atoms with Gasteiger partial charge in [-0.1, -0.05) is 38.1 Å². The van der Waals surface area contributed by atoms with Gasteiger partial charge in [0.1, 0.15) is 18.5 Å². The molecule has 0 saturated carbocycles. The number of fused-ring (bicyclic) bond motifs is 4. The fraction of sp³-hybridized carbons (Fsp3) is 0.500. The lowest BCUT2D eigenvalue weighted by molar-refractivity contribution is -0.155. The summed E-state index contributed by atoms with van der Waals surface area (Å²) in [6, 6.07) is 15.2. The highest BCUT2D eigenvalue weighted by Gasteiger charge is 2.35. The van der Waals surface area contributed by atoms with Gasteiger partial charge in [0.2, 0.25) is 0 Å². The van der Waals surface area contributed by atoms with Crippen molar-refractivity contribution in [1.82, 2.24) is 9.47 Å². The Balaban J connectivity index is 1.44. The summed E-state index contributed by atoms with van der Waals surface area (Å²) >= 11 is 0. The number of aromatic nitrogens is 1. The van der Waals surface area contributed by atoms with Gasteiger partial charge in [0, 0.05) is 43.9 Å². The van der Waals surface area contributed by atoms with E-state index in [9.17, 15) is 9.59 Å². The second-order valence-electron chi connectivity index (χ2n) is 8.75. The van der Waals surface area contributed by atoms with Crippen molar-refractivity contribution in [2.75, 3.05) is 26.2 Å². The van der Waals surface area contributed by atoms with Crippen molar-refractivity contribution < 1.29 is 14.3 Å². The molecule has 1 aromatic heterocycles. The van der Waals surface area contributed by atoms with E-state index < -0.39 is 0 Å². The Hall–Kier alpha value is -2.60. The SMILES string of the molecule is CC(C)C(=O)O[C@H](COc1ccccc1)CN1C[C@H]2C[C@H](C1)c1cccc(=O)n1C2. The number of ether oxygens (including phenoxy) is 2. The van der Waals surface area contributed by atoms with Crippen molar-refractivity contribution in [3.8, 4) is 5.75 Å². The molecule has 4 rings (SSSR count). The third-order valence-corrected chi connectivity index (χ3v) is 5.95. The fourth-order valence-electron chi connectivity index (χ4n) is 4.56. The molecule has 3 atom stereocenters. The molecule has 2 aromatic rings. The van der Waals surface area contributed by atoms with Crippen LogP contribution in [0.2, 0.25) is 0 Å². The summed E-state index contributed by atoms with van der Waals surface area (Å²) in [6.07, 6.45) is 0.772. The van der Waals surface area contributed by atoms with E-state index in [1.165, 1.54) is 0 Å². The van der Waals surface area contributed by atoms with Crippen LogP contribution in [0.25, 0.3) is 0 Å². The molecule has 0 aliphatic carbocycles. The fourth-order valence-corrected chi connectivity index (χ4v) is 4.56. The molecule has 6 nitrogen and oxygen atoms in total. The van der Waals surface area contributed by atoms with E-state index >= 15 is 0 Å². The Morgan fingerprint density at radius 3 is 2.63 bits per heavy atom. The van der Waals surface area contributed by atoms with Gasteiger partial charge in [0.15, 0.2) is 0 Å². The Morgan fingerprint density at radius 2 is 1.87 bits per heavy atom. The Morgan fingerprint density at radius 1 is 1.07 bits per heavy atom. The maximum atomic E-state index is 12.3. The predicted molar refractivity (Wildman–Crippen MR) is 115 cm³/mol. The average Bonchev–Trinajstić information content (AvgIpc) is 2.73. The first kappa shape index (κ1) is 20.7. The minimum atomic E-state index is -0.336. The van der Waals surface area contributed by atoms with Crippen LogP contribution in [0.1, 0.15) is 31.9 Å². The number of benzene rings is 1. The second kappa shape index (κ2) is 9.04. The van der Waals surface area contributed by atoms with Gasteiger partial charge in [-0.2, -0.15) is 0 Å². The van der Waals surface area contributed by atoms with Crippen LogP contribution in [-0.2, 0) is 16.1 Å². The number of para-hydroxylation sites is 1. The van der Waals surface area contributed by atoms with Gasteiger partial charge < -0.3 is 14.0 Å². The Labute approximate surface area is 177 Å². The topological polar surface area (TPSA) is 60.8 Å². The average molecular weight is 411 g/mol. The third kappa shape index (κ3) is 4.75. The molecule has 6 heteroatoms. The molecule has 3 heterocycles. The first-order valence-electron chi connectivity index (χ1n) is 10.8. The van der Waals surface area contributed by atoms with Crippen molar-refractivity contribution in [1.29, 1.82) is 0 Å². The monoisotopic (exact) mass is 410 g/mol. The standard InChI is InChI=1S/C24H30N2O4/c1-17(2)24(28)30-21(16-29-20-7-4-3-5-8-20)15-25-12-18-11-19(14-25)22-9-6-10-23(27)26(22)13-18/h3-10,17-19,21H,11-16H2,1-2H3/t18-,19-,21+/m1/s1. The van der Waals surface area contributed by atoms with Crippen LogP contribution in [0.4, 0.5) is 0 Å². The zero-order valence-corrected chi connectivity index (χ0v) is 17.7. The lowest BCUT2D eigenvalue weighted by Crippen LogP contribution is -2.50. The number of nitrogens with zero attached hydrogens (tertiary/aromatic N) is 2. The summed E-state index contributed by atoms with van der Waals surface area (Å²) in [5.74, 6) is 1.16. The van der Waals surface area contributed by atoms with E-state index in [0.29, 0.717) is 25.0 Å². The van der Waals surface area contributed by atoms with E-state index in [-0.39, 0.29) is 23.6 Å². The normalized spacial score (nSPS) is 21.7. The number of likely N-dealkylation sites (tertiary alicyclic amines) is 1.